The predicted octanol–water partition coefficient (Wildman–Crippen LogP) is 3.49. The van der Waals surface area contributed by atoms with E-state index >= 15 is 0 Å². The summed E-state index contributed by atoms with van der Waals surface area (Å²) in [5.74, 6) is 1.54. The number of nitrogens with zero attached hydrogens (tertiary/aromatic N) is 3. The third kappa shape index (κ3) is 4.76. The Hall–Kier alpha value is -3.63. The van der Waals surface area contributed by atoms with Crippen molar-refractivity contribution in [2.24, 2.45) is 0 Å². The average molecular weight is 439 g/mol. The topological polar surface area (TPSA) is 106 Å². The van der Waals surface area contributed by atoms with E-state index in [9.17, 15) is 8.42 Å². The minimum absolute atomic E-state index is 0.153. The summed E-state index contributed by atoms with van der Waals surface area (Å²) < 4.78 is 37.4. The Labute approximate surface area is 180 Å². The van der Waals surface area contributed by atoms with E-state index in [2.05, 4.69) is 26.1 Å². The summed E-state index contributed by atoms with van der Waals surface area (Å²) in [5, 5.41) is 3.13. The Bertz CT molecular complexity index is 1190. The molecule has 0 amide bonds. The van der Waals surface area contributed by atoms with Gasteiger partial charge in [-0.05, 0) is 44.2 Å². The first-order valence-electron chi connectivity index (χ1n) is 9.53. The lowest BCUT2D eigenvalue weighted by Crippen LogP contribution is -2.25. The van der Waals surface area contributed by atoms with Crippen molar-refractivity contribution >= 4 is 27.3 Å². The van der Waals surface area contributed by atoms with Crippen LogP contribution < -0.4 is 14.9 Å². The van der Waals surface area contributed by atoms with Gasteiger partial charge in [-0.25, -0.2) is 23.1 Å². The van der Waals surface area contributed by atoms with Crippen molar-refractivity contribution in [3.63, 3.8) is 0 Å². The van der Waals surface area contributed by atoms with Crippen molar-refractivity contribution < 1.29 is 17.9 Å². The normalized spacial score (nSPS) is 15.4. The first-order valence-corrected chi connectivity index (χ1v) is 11.0. The molecular formula is C21H21N5O4S. The van der Waals surface area contributed by atoms with Gasteiger partial charge in [0.05, 0.1) is 4.90 Å². The van der Waals surface area contributed by atoms with Gasteiger partial charge in [0.15, 0.2) is 6.26 Å². The Morgan fingerprint density at radius 1 is 1.16 bits per heavy atom. The van der Waals surface area contributed by atoms with Crippen molar-refractivity contribution in [1.29, 1.82) is 0 Å². The predicted molar refractivity (Wildman–Crippen MR) is 116 cm³/mol. The van der Waals surface area contributed by atoms with Crippen LogP contribution in [0.4, 0.5) is 17.3 Å². The van der Waals surface area contributed by atoms with Crippen molar-refractivity contribution in [2.75, 3.05) is 17.3 Å². The molecule has 10 heteroatoms. The minimum atomic E-state index is -3.55. The molecule has 0 saturated heterocycles. The summed E-state index contributed by atoms with van der Waals surface area (Å²) >= 11 is 0. The quantitative estimate of drug-likeness (QED) is 0.675. The van der Waals surface area contributed by atoms with E-state index in [1.165, 1.54) is 44.3 Å². The smallest absolute Gasteiger partial charge is 0.241 e. The standard InChI is InChI=1S/C21H21N5O4S/c1-22-31(27,28)18-9-5-6-16(12-18)25-19-13-20(24-15-23-19)26(17-7-3-2-4-8-17)21-14-29-10-11-30-21/h2-3,5-7,9-15,22H,4,8H2,1H3,(H,23,24,25). The van der Waals surface area contributed by atoms with Gasteiger partial charge in [0.25, 0.3) is 0 Å². The summed E-state index contributed by atoms with van der Waals surface area (Å²) in [6.45, 7) is 0. The molecule has 2 N–H and O–H groups in total. The van der Waals surface area contributed by atoms with Gasteiger partial charge in [-0.3, -0.25) is 4.90 Å². The third-order valence-corrected chi connectivity index (χ3v) is 5.97. The molecule has 1 aromatic carbocycles. The van der Waals surface area contributed by atoms with Gasteiger partial charge in [0, 0.05) is 17.5 Å². The molecule has 160 valence electrons. The van der Waals surface area contributed by atoms with Crippen LogP contribution in [0.15, 0.2) is 90.1 Å². The van der Waals surface area contributed by atoms with Crippen molar-refractivity contribution in [2.45, 2.75) is 17.7 Å². The van der Waals surface area contributed by atoms with Crippen LogP contribution in [0.25, 0.3) is 0 Å². The zero-order valence-electron chi connectivity index (χ0n) is 16.7. The van der Waals surface area contributed by atoms with E-state index in [1.807, 2.05) is 17.1 Å². The van der Waals surface area contributed by atoms with E-state index < -0.39 is 10.0 Å². The number of hydrogen-bond donors (Lipinski definition) is 2. The number of hydrogen-bond acceptors (Lipinski definition) is 8. The number of nitrogens with one attached hydrogen (secondary N) is 2. The minimum Gasteiger partial charge on any atom is -0.464 e. The molecule has 1 aliphatic carbocycles. The highest BCUT2D eigenvalue weighted by molar-refractivity contribution is 7.89. The van der Waals surface area contributed by atoms with Crippen LogP contribution in [-0.2, 0) is 19.5 Å². The van der Waals surface area contributed by atoms with Gasteiger partial charge in [-0.2, -0.15) is 0 Å². The number of anilines is 3. The van der Waals surface area contributed by atoms with Crippen LogP contribution in [0.5, 0.6) is 0 Å². The van der Waals surface area contributed by atoms with Gasteiger partial charge in [0.1, 0.15) is 30.5 Å². The molecule has 0 radical (unpaired) electrons. The van der Waals surface area contributed by atoms with E-state index in [1.54, 1.807) is 18.2 Å². The Balaban J connectivity index is 1.65. The molecule has 0 saturated carbocycles. The zero-order chi connectivity index (χ0) is 21.7. The van der Waals surface area contributed by atoms with Crippen molar-refractivity contribution in [3.8, 4) is 0 Å². The average Bonchev–Trinajstić information content (AvgIpc) is 2.81. The molecule has 0 fully saturated rings. The van der Waals surface area contributed by atoms with Gasteiger partial charge >= 0.3 is 0 Å². The summed E-state index contributed by atoms with van der Waals surface area (Å²) in [6, 6.07) is 8.22. The van der Waals surface area contributed by atoms with Crippen LogP contribution in [0.2, 0.25) is 0 Å². The number of sulfonamides is 1. The largest absolute Gasteiger partial charge is 0.464 e. The molecular weight excluding hydrogens is 418 g/mol. The van der Waals surface area contributed by atoms with Gasteiger partial charge < -0.3 is 14.8 Å². The monoisotopic (exact) mass is 439 g/mol. The number of aromatic nitrogens is 2. The summed E-state index contributed by atoms with van der Waals surface area (Å²) in [6.07, 6.45) is 13.6. The molecule has 1 aliphatic heterocycles. The number of allylic oxidation sites excluding steroid dienone is 4. The second kappa shape index (κ2) is 9.02. The molecule has 0 bridgehead atoms. The zero-order valence-corrected chi connectivity index (χ0v) is 17.5. The fraction of sp³-hybridized carbons (Fsp3) is 0.143. The second-order valence-corrected chi connectivity index (χ2v) is 8.45. The maximum atomic E-state index is 12.1. The summed E-state index contributed by atoms with van der Waals surface area (Å²) in [4.78, 5) is 10.7. The molecule has 0 unspecified atom stereocenters. The lowest BCUT2D eigenvalue weighted by molar-refractivity contribution is 0.250. The number of benzene rings is 1. The van der Waals surface area contributed by atoms with Gasteiger partial charge in [-0.15, -0.1) is 0 Å². The highest BCUT2D eigenvalue weighted by Gasteiger charge is 2.22. The van der Waals surface area contributed by atoms with Gasteiger partial charge in [-0.1, -0.05) is 18.2 Å². The van der Waals surface area contributed by atoms with Crippen LogP contribution >= 0.6 is 0 Å². The Kier molecular flexibility index (Phi) is 6.01. The fourth-order valence-corrected chi connectivity index (χ4v) is 3.86. The molecule has 2 aliphatic rings. The first-order chi connectivity index (χ1) is 15.1. The SMILES string of the molecule is CNS(=O)(=O)c1cccc(Nc2cc(N(C3=CC=CCC3)C3=COC=CO3)ncn2)c1. The summed E-state index contributed by atoms with van der Waals surface area (Å²) in [7, 11) is -2.18. The maximum Gasteiger partial charge on any atom is 0.241 e. The Morgan fingerprint density at radius 3 is 2.81 bits per heavy atom. The second-order valence-electron chi connectivity index (χ2n) is 6.56. The molecule has 0 spiro atoms. The Morgan fingerprint density at radius 2 is 2.06 bits per heavy atom. The van der Waals surface area contributed by atoms with Crippen molar-refractivity contribution in [1.82, 2.24) is 14.7 Å². The molecule has 2 heterocycles. The molecule has 0 atom stereocenters. The van der Waals surface area contributed by atoms with Crippen LogP contribution in [0.3, 0.4) is 0 Å². The maximum absolute atomic E-state index is 12.1. The highest BCUT2D eigenvalue weighted by Crippen LogP contribution is 2.30. The third-order valence-electron chi connectivity index (χ3n) is 4.56. The number of ether oxygens (including phenoxy) is 2. The molecule has 4 rings (SSSR count). The lowest BCUT2D eigenvalue weighted by atomic mass is 10.1. The lowest BCUT2D eigenvalue weighted by Gasteiger charge is -2.28. The van der Waals surface area contributed by atoms with E-state index in [0.29, 0.717) is 23.2 Å². The first kappa shape index (κ1) is 20.6. The van der Waals surface area contributed by atoms with Crippen LogP contribution in [0.1, 0.15) is 12.8 Å². The van der Waals surface area contributed by atoms with Crippen LogP contribution in [0, 0.1) is 0 Å². The number of rotatable bonds is 7. The van der Waals surface area contributed by atoms with Crippen molar-refractivity contribution in [3.05, 3.63) is 85.3 Å². The molecule has 2 aromatic rings. The van der Waals surface area contributed by atoms with E-state index in [-0.39, 0.29) is 4.90 Å². The van der Waals surface area contributed by atoms with Gasteiger partial charge in [0.2, 0.25) is 15.9 Å². The fourth-order valence-electron chi connectivity index (χ4n) is 3.08. The molecule has 1 aromatic heterocycles. The molecule has 9 nitrogen and oxygen atoms in total. The molecule has 31 heavy (non-hydrogen) atoms. The highest BCUT2D eigenvalue weighted by atomic mass is 32.2. The van der Waals surface area contributed by atoms with E-state index in [4.69, 9.17) is 9.47 Å². The summed E-state index contributed by atoms with van der Waals surface area (Å²) in [5.41, 5.74) is 1.56. The van der Waals surface area contributed by atoms with E-state index in [0.717, 1.165) is 18.5 Å². The van der Waals surface area contributed by atoms with Crippen LogP contribution in [-0.4, -0.2) is 25.4 Å².